The second-order valence-corrected chi connectivity index (χ2v) is 34.0. The Hall–Kier alpha value is -17.1. The summed E-state index contributed by atoms with van der Waals surface area (Å²) in [6.07, 6.45) is 4.30. The molecule has 616 valence electrons. The molecule has 26 rings (SSSR count). The van der Waals surface area contributed by atoms with Crippen LogP contribution in [-0.2, 0) is 0 Å². The van der Waals surface area contributed by atoms with Gasteiger partial charge in [0, 0.05) is 104 Å². The molecule has 0 aliphatic carbocycles. The van der Waals surface area contributed by atoms with Gasteiger partial charge in [-0.2, -0.15) is 0 Å². The van der Waals surface area contributed by atoms with Crippen LogP contribution in [0.25, 0.3) is 228 Å². The quantitative estimate of drug-likeness (QED) is 0.124. The van der Waals surface area contributed by atoms with E-state index in [9.17, 15) is 0 Å². The maximum atomic E-state index is 5.38. The Bertz CT molecular complexity index is 8590. The summed E-state index contributed by atoms with van der Waals surface area (Å²) in [6, 6.07) is 163. The lowest BCUT2D eigenvalue weighted by Crippen LogP contribution is -2.00. The van der Waals surface area contributed by atoms with Gasteiger partial charge in [-0.1, -0.05) is 344 Å². The minimum atomic E-state index is 0.872. The molecule has 0 fully saturated rings. The first-order chi connectivity index (χ1) is 64.9. The number of benzene rings is 16. The van der Waals surface area contributed by atoms with Crippen LogP contribution in [-0.4, -0.2) is 47.8 Å². The molecule has 11 heteroatoms. The summed E-state index contributed by atoms with van der Waals surface area (Å²) in [5, 5.41) is 12.0. The minimum absolute atomic E-state index is 0.872. The van der Waals surface area contributed by atoms with Crippen molar-refractivity contribution in [3.63, 3.8) is 0 Å². The van der Waals surface area contributed by atoms with Crippen molar-refractivity contribution in [2.75, 3.05) is 0 Å². The van der Waals surface area contributed by atoms with E-state index in [2.05, 4.69) is 505 Å². The number of rotatable bonds is 13. The number of H-pyrrole nitrogens is 1. The highest BCUT2D eigenvalue weighted by atomic mass is 79.9. The molecule has 0 unspecified atom stereocenters. The lowest BCUT2D eigenvalue weighted by molar-refractivity contribution is 1.05. The SMILES string of the molecule is Brc1ccc2c(c1)c1ccccc1n2-c1cc(-c2ccccc2)cc(-c2ccccc2)n1.c1ccc(-c2cc(-c3ccccc3)nc(-n3ccc4c3ccc3c5ccccc5n(-c5ccc6c(c5)c5ccccc5n6-c5cc(-c6ccccc6)cc(-c6ccccc6)n5)c34)c2)cc1.c1ccc(-c2cc(-c3ccccc3)nc(-n3ccc4c5[nH]c6ccccc6c5ccc43)c2)cc1. The minimum Gasteiger partial charge on any atom is -0.354 e. The summed E-state index contributed by atoms with van der Waals surface area (Å²) in [4.78, 5) is 24.6. The number of pyridine rings is 4. The Morgan fingerprint density at radius 1 is 0.191 bits per heavy atom. The van der Waals surface area contributed by atoms with E-state index in [4.69, 9.17) is 19.9 Å². The lowest BCUT2D eigenvalue weighted by atomic mass is 10.0. The molecule has 0 radical (unpaired) electrons. The maximum Gasteiger partial charge on any atom is 0.138 e. The smallest absolute Gasteiger partial charge is 0.138 e. The first kappa shape index (κ1) is 77.4. The van der Waals surface area contributed by atoms with E-state index < -0.39 is 0 Å². The molecule has 26 aromatic rings. The van der Waals surface area contributed by atoms with Crippen LogP contribution in [0.1, 0.15) is 0 Å². The summed E-state index contributed by atoms with van der Waals surface area (Å²) >= 11 is 3.64. The zero-order valence-corrected chi connectivity index (χ0v) is 72.5. The molecule has 131 heavy (non-hydrogen) atoms. The van der Waals surface area contributed by atoms with Crippen LogP contribution in [0.4, 0.5) is 0 Å². The van der Waals surface area contributed by atoms with Crippen molar-refractivity contribution >= 4 is 125 Å². The standard InChI is InChI=1S/C60H39N5.C31H21N3.C29H19BrN2/c1-5-17-40(18-6-1)44-35-52(42-21-9-3-10-22-42)61-58(37-44)63-34-33-50-54(63)32-30-49-47-25-13-15-27-55(47)64(60(49)50)46-29-31-57-51(39-46)48-26-14-16-28-56(48)65(57)59-38-45(41-19-7-2-8-20-41)36-53(62-59)43-23-11-4-12-24-43;1-3-9-21(10-4-1)23-19-28(22-11-5-2-6-12-22)32-30(20-23)34-18-17-26-29(34)16-15-25-24-13-7-8-14-27(24)33-31(25)26;30-23-15-16-28-25(19-23)24-13-7-8-14-27(24)32(28)29-18-22(20-9-3-1-4-10-20)17-26(31-29)21-11-5-2-6-12-21/h1-39H;1-20,33H;1-19H. The third kappa shape index (κ3) is 14.2. The van der Waals surface area contributed by atoms with E-state index in [-0.39, 0.29) is 0 Å². The van der Waals surface area contributed by atoms with E-state index in [1.54, 1.807) is 0 Å². The average molecular weight is 1740 g/mol. The fraction of sp³-hybridized carbons (Fsp3) is 0. The van der Waals surface area contributed by atoms with Gasteiger partial charge in [0.05, 0.1) is 72.4 Å². The number of hydrogen-bond donors (Lipinski definition) is 1. The molecule has 10 nitrogen and oxygen atoms in total. The third-order valence-corrected chi connectivity index (χ3v) is 25.8. The summed E-state index contributed by atoms with van der Waals surface area (Å²) < 4.78 is 12.6. The van der Waals surface area contributed by atoms with Crippen molar-refractivity contribution in [3.05, 3.63) is 478 Å². The molecule has 0 saturated carbocycles. The van der Waals surface area contributed by atoms with E-state index in [1.807, 2.05) is 12.1 Å². The van der Waals surface area contributed by atoms with Crippen molar-refractivity contribution < 1.29 is 0 Å². The number of para-hydroxylation sites is 4. The van der Waals surface area contributed by atoms with Gasteiger partial charge in [0.1, 0.15) is 23.3 Å². The van der Waals surface area contributed by atoms with Crippen LogP contribution in [0.2, 0.25) is 0 Å². The number of aromatic amines is 1. The van der Waals surface area contributed by atoms with E-state index >= 15 is 0 Å². The van der Waals surface area contributed by atoms with Gasteiger partial charge in [-0.15, -0.1) is 0 Å². The normalized spacial score (nSPS) is 11.5. The number of nitrogens with zero attached hydrogens (tertiary/aromatic N) is 9. The second-order valence-electron chi connectivity index (χ2n) is 33.1. The summed E-state index contributed by atoms with van der Waals surface area (Å²) in [5.41, 5.74) is 29.9. The number of aromatic nitrogens is 10. The maximum absolute atomic E-state index is 5.38. The van der Waals surface area contributed by atoms with Crippen molar-refractivity contribution in [3.8, 4) is 118 Å². The van der Waals surface area contributed by atoms with Crippen molar-refractivity contribution in [1.82, 2.24) is 47.8 Å². The third-order valence-electron chi connectivity index (χ3n) is 25.3. The van der Waals surface area contributed by atoms with Crippen molar-refractivity contribution in [1.29, 1.82) is 0 Å². The molecular weight excluding hydrogens is 1660 g/mol. The van der Waals surface area contributed by atoms with Gasteiger partial charge >= 0.3 is 0 Å². The molecule has 0 saturated heterocycles. The Morgan fingerprint density at radius 3 is 0.939 bits per heavy atom. The van der Waals surface area contributed by atoms with Gasteiger partial charge in [0.2, 0.25) is 0 Å². The highest BCUT2D eigenvalue weighted by Gasteiger charge is 2.24. The van der Waals surface area contributed by atoms with Crippen LogP contribution in [0.15, 0.2) is 478 Å². The Balaban J connectivity index is 0.000000120. The molecule has 0 atom stereocenters. The van der Waals surface area contributed by atoms with E-state index in [1.165, 1.54) is 59.7 Å². The van der Waals surface area contributed by atoms with Gasteiger partial charge < -0.3 is 18.7 Å². The Morgan fingerprint density at radius 2 is 0.504 bits per heavy atom. The number of fused-ring (bicyclic) bond motifs is 16. The summed E-state index contributed by atoms with van der Waals surface area (Å²) in [5.74, 6) is 3.57. The van der Waals surface area contributed by atoms with Crippen LogP contribution in [0, 0.1) is 0 Å². The molecule has 10 heterocycles. The largest absolute Gasteiger partial charge is 0.354 e. The average Bonchev–Trinajstić information content (AvgIpc) is 1.55. The van der Waals surface area contributed by atoms with Crippen LogP contribution < -0.4 is 0 Å². The zero-order valence-electron chi connectivity index (χ0n) is 70.9. The van der Waals surface area contributed by atoms with Gasteiger partial charge in [-0.3, -0.25) is 9.13 Å². The zero-order chi connectivity index (χ0) is 86.8. The number of hydrogen-bond acceptors (Lipinski definition) is 4. The molecule has 1 N–H and O–H groups in total. The fourth-order valence-electron chi connectivity index (χ4n) is 19.2. The molecule has 10 aromatic heterocycles. The summed E-state index contributed by atoms with van der Waals surface area (Å²) in [7, 11) is 0. The highest BCUT2D eigenvalue weighted by Crippen LogP contribution is 2.44. The van der Waals surface area contributed by atoms with Crippen molar-refractivity contribution in [2.24, 2.45) is 0 Å². The van der Waals surface area contributed by atoms with Crippen molar-refractivity contribution in [2.45, 2.75) is 0 Å². The monoisotopic (exact) mass is 1740 g/mol. The van der Waals surface area contributed by atoms with Crippen LogP contribution >= 0.6 is 15.9 Å². The van der Waals surface area contributed by atoms with E-state index in [0.29, 0.717) is 0 Å². The van der Waals surface area contributed by atoms with Crippen LogP contribution in [0.3, 0.4) is 0 Å². The van der Waals surface area contributed by atoms with Gasteiger partial charge in [0.15, 0.2) is 0 Å². The first-order valence-electron chi connectivity index (χ1n) is 44.2. The number of nitrogens with one attached hydrogen (secondary N) is 1. The van der Waals surface area contributed by atoms with E-state index in [0.717, 1.165) is 172 Å². The topological polar surface area (TPSA) is 92.0 Å². The fourth-order valence-corrected chi connectivity index (χ4v) is 19.5. The second kappa shape index (κ2) is 33.0. The molecule has 0 aliphatic rings. The lowest BCUT2D eigenvalue weighted by Gasteiger charge is -2.14. The molecular formula is C120H79BrN10. The van der Waals surface area contributed by atoms with Gasteiger partial charge in [-0.25, -0.2) is 19.9 Å². The highest BCUT2D eigenvalue weighted by molar-refractivity contribution is 9.10. The predicted octanol–water partition coefficient (Wildman–Crippen LogP) is 31.6. The molecule has 0 bridgehead atoms. The predicted molar refractivity (Wildman–Crippen MR) is 548 cm³/mol. The Kier molecular flexibility index (Phi) is 19.5. The molecule has 16 aromatic carbocycles. The van der Waals surface area contributed by atoms with Gasteiger partial charge in [-0.05, 0) is 178 Å². The van der Waals surface area contributed by atoms with Gasteiger partial charge in [0.25, 0.3) is 0 Å². The Labute approximate surface area is 763 Å². The van der Waals surface area contributed by atoms with Crippen LogP contribution in [0.5, 0.6) is 0 Å². The number of halogens is 1. The summed E-state index contributed by atoms with van der Waals surface area (Å²) in [6.45, 7) is 0. The molecule has 0 aliphatic heterocycles. The molecule has 0 amide bonds. The molecule has 0 spiro atoms. The first-order valence-corrected chi connectivity index (χ1v) is 44.9.